The summed E-state index contributed by atoms with van der Waals surface area (Å²) in [4.78, 5) is 0. The smallest absolute Gasteiger partial charge is 0.00430 e. The van der Waals surface area contributed by atoms with E-state index in [1.165, 1.54) is 42.0 Å². The number of fused-ring (bicyclic) bond motifs is 1. The molecule has 18 heavy (non-hydrogen) atoms. The Labute approximate surface area is 109 Å². The summed E-state index contributed by atoms with van der Waals surface area (Å²) in [6.07, 6.45) is 5.31. The Balaban J connectivity index is 1.97. The first-order valence-corrected chi connectivity index (χ1v) is 7.07. The van der Waals surface area contributed by atoms with Gasteiger partial charge >= 0.3 is 0 Å². The number of hydrogen-bond acceptors (Lipinski definition) is 1. The molecule has 1 aliphatic carbocycles. The maximum absolute atomic E-state index is 5.94. The standard InChI is InChI=1S/C17H21N/c18-12-16-7-3-4-8-17(16)15-10-9-13-5-1-2-6-14(13)11-15/h1-2,5-6,9-11,16-17H,3-4,7-8,12,18H2. The van der Waals surface area contributed by atoms with Crippen LogP contribution in [-0.4, -0.2) is 6.54 Å². The molecule has 1 nitrogen and oxygen atoms in total. The molecule has 94 valence electrons. The van der Waals surface area contributed by atoms with E-state index in [9.17, 15) is 0 Å². The van der Waals surface area contributed by atoms with Crippen molar-refractivity contribution in [2.75, 3.05) is 6.54 Å². The second-order valence-corrected chi connectivity index (χ2v) is 5.49. The van der Waals surface area contributed by atoms with Crippen LogP contribution in [0.5, 0.6) is 0 Å². The Morgan fingerprint density at radius 1 is 0.944 bits per heavy atom. The maximum atomic E-state index is 5.94. The fourth-order valence-electron chi connectivity index (χ4n) is 3.37. The van der Waals surface area contributed by atoms with Crippen LogP contribution in [0, 0.1) is 5.92 Å². The third kappa shape index (κ3) is 2.15. The van der Waals surface area contributed by atoms with Gasteiger partial charge in [-0.15, -0.1) is 0 Å². The van der Waals surface area contributed by atoms with E-state index < -0.39 is 0 Å². The second-order valence-electron chi connectivity index (χ2n) is 5.49. The lowest BCUT2D eigenvalue weighted by molar-refractivity contribution is 0.314. The zero-order valence-corrected chi connectivity index (χ0v) is 10.8. The Morgan fingerprint density at radius 3 is 2.56 bits per heavy atom. The number of benzene rings is 2. The van der Waals surface area contributed by atoms with Gasteiger partial charge in [-0.3, -0.25) is 0 Å². The minimum atomic E-state index is 0.674. The van der Waals surface area contributed by atoms with Crippen molar-refractivity contribution in [2.45, 2.75) is 31.6 Å². The van der Waals surface area contributed by atoms with Crippen molar-refractivity contribution < 1.29 is 0 Å². The van der Waals surface area contributed by atoms with Crippen LogP contribution in [-0.2, 0) is 0 Å². The first-order valence-electron chi connectivity index (χ1n) is 7.07. The molecule has 0 radical (unpaired) electrons. The van der Waals surface area contributed by atoms with Gasteiger partial charge in [0, 0.05) is 0 Å². The normalized spacial score (nSPS) is 24.3. The molecule has 0 bridgehead atoms. The average molecular weight is 239 g/mol. The highest BCUT2D eigenvalue weighted by atomic mass is 14.6. The first-order chi connectivity index (χ1) is 8.88. The van der Waals surface area contributed by atoms with E-state index in [1.807, 2.05) is 0 Å². The van der Waals surface area contributed by atoms with Gasteiger partial charge in [0.2, 0.25) is 0 Å². The van der Waals surface area contributed by atoms with E-state index in [1.54, 1.807) is 0 Å². The lowest BCUT2D eigenvalue weighted by atomic mass is 9.75. The van der Waals surface area contributed by atoms with E-state index in [-0.39, 0.29) is 0 Å². The van der Waals surface area contributed by atoms with E-state index >= 15 is 0 Å². The van der Waals surface area contributed by atoms with Crippen LogP contribution in [0.15, 0.2) is 42.5 Å². The molecule has 0 spiro atoms. The molecule has 2 aromatic carbocycles. The van der Waals surface area contributed by atoms with Crippen molar-refractivity contribution in [1.29, 1.82) is 0 Å². The van der Waals surface area contributed by atoms with E-state index in [0.717, 1.165) is 6.54 Å². The molecular formula is C17H21N. The van der Waals surface area contributed by atoms with Crippen molar-refractivity contribution in [3.63, 3.8) is 0 Å². The van der Waals surface area contributed by atoms with Crippen LogP contribution < -0.4 is 5.73 Å². The quantitative estimate of drug-likeness (QED) is 0.840. The van der Waals surface area contributed by atoms with Crippen LogP contribution in [0.25, 0.3) is 10.8 Å². The van der Waals surface area contributed by atoms with Gasteiger partial charge in [0.05, 0.1) is 0 Å². The van der Waals surface area contributed by atoms with Crippen molar-refractivity contribution in [3.05, 3.63) is 48.0 Å². The minimum absolute atomic E-state index is 0.674. The zero-order valence-electron chi connectivity index (χ0n) is 10.8. The van der Waals surface area contributed by atoms with Gasteiger partial charge in [-0.1, -0.05) is 55.3 Å². The monoisotopic (exact) mass is 239 g/mol. The molecule has 2 aromatic rings. The summed E-state index contributed by atoms with van der Waals surface area (Å²) in [6, 6.07) is 15.5. The Bertz CT molecular complexity index is 532. The van der Waals surface area contributed by atoms with Crippen molar-refractivity contribution >= 4 is 10.8 Å². The SMILES string of the molecule is NCC1CCCCC1c1ccc2ccccc2c1. The molecule has 2 unspecified atom stereocenters. The predicted molar refractivity (Wildman–Crippen MR) is 77.7 cm³/mol. The summed E-state index contributed by atoms with van der Waals surface area (Å²) in [5.74, 6) is 1.35. The molecule has 3 rings (SSSR count). The minimum Gasteiger partial charge on any atom is -0.330 e. The first kappa shape index (κ1) is 11.7. The average Bonchev–Trinajstić information content (AvgIpc) is 2.46. The molecule has 0 heterocycles. The Hall–Kier alpha value is -1.34. The number of rotatable bonds is 2. The van der Waals surface area contributed by atoms with Crippen LogP contribution in [0.2, 0.25) is 0 Å². The molecule has 0 amide bonds. The largest absolute Gasteiger partial charge is 0.330 e. The van der Waals surface area contributed by atoms with Crippen molar-refractivity contribution in [2.24, 2.45) is 11.7 Å². The highest BCUT2D eigenvalue weighted by molar-refractivity contribution is 5.83. The van der Waals surface area contributed by atoms with E-state index in [4.69, 9.17) is 5.73 Å². The van der Waals surface area contributed by atoms with Gasteiger partial charge in [-0.05, 0) is 47.6 Å². The Kier molecular flexibility index (Phi) is 3.33. The third-order valence-electron chi connectivity index (χ3n) is 4.41. The summed E-state index contributed by atoms with van der Waals surface area (Å²) in [5, 5.41) is 2.69. The summed E-state index contributed by atoms with van der Waals surface area (Å²) in [5.41, 5.74) is 7.43. The van der Waals surface area contributed by atoms with Crippen LogP contribution >= 0.6 is 0 Å². The summed E-state index contributed by atoms with van der Waals surface area (Å²) >= 11 is 0. The van der Waals surface area contributed by atoms with Crippen molar-refractivity contribution in [3.8, 4) is 0 Å². The summed E-state index contributed by atoms with van der Waals surface area (Å²) in [7, 11) is 0. The third-order valence-corrected chi connectivity index (χ3v) is 4.41. The van der Waals surface area contributed by atoms with Gasteiger partial charge in [0.1, 0.15) is 0 Å². The van der Waals surface area contributed by atoms with Gasteiger partial charge in [-0.25, -0.2) is 0 Å². The predicted octanol–water partition coefficient (Wildman–Crippen LogP) is 4.07. The number of nitrogens with two attached hydrogens (primary N) is 1. The molecule has 1 aliphatic rings. The Morgan fingerprint density at radius 2 is 1.72 bits per heavy atom. The molecule has 0 aromatic heterocycles. The highest BCUT2D eigenvalue weighted by Crippen LogP contribution is 2.38. The van der Waals surface area contributed by atoms with Gasteiger partial charge in [-0.2, -0.15) is 0 Å². The summed E-state index contributed by atoms with van der Waals surface area (Å²) in [6.45, 7) is 0.831. The van der Waals surface area contributed by atoms with Gasteiger partial charge in [0.25, 0.3) is 0 Å². The van der Waals surface area contributed by atoms with Crippen LogP contribution in [0.3, 0.4) is 0 Å². The zero-order chi connectivity index (χ0) is 12.4. The fourth-order valence-corrected chi connectivity index (χ4v) is 3.37. The van der Waals surface area contributed by atoms with Crippen LogP contribution in [0.4, 0.5) is 0 Å². The fraction of sp³-hybridized carbons (Fsp3) is 0.412. The highest BCUT2D eigenvalue weighted by Gasteiger charge is 2.25. The number of hydrogen-bond donors (Lipinski definition) is 1. The molecule has 2 N–H and O–H groups in total. The topological polar surface area (TPSA) is 26.0 Å². The lowest BCUT2D eigenvalue weighted by Crippen LogP contribution is -2.25. The molecule has 2 atom stereocenters. The molecule has 0 saturated heterocycles. The summed E-state index contributed by atoms with van der Waals surface area (Å²) < 4.78 is 0. The molecule has 1 heteroatoms. The molecule has 0 aliphatic heterocycles. The van der Waals surface area contributed by atoms with E-state index in [0.29, 0.717) is 11.8 Å². The molecule has 1 fully saturated rings. The van der Waals surface area contributed by atoms with Crippen LogP contribution in [0.1, 0.15) is 37.2 Å². The lowest BCUT2D eigenvalue weighted by Gasteiger charge is -2.31. The van der Waals surface area contributed by atoms with Crippen molar-refractivity contribution in [1.82, 2.24) is 0 Å². The van der Waals surface area contributed by atoms with E-state index in [2.05, 4.69) is 42.5 Å². The second kappa shape index (κ2) is 5.11. The van der Waals surface area contributed by atoms with Gasteiger partial charge < -0.3 is 5.73 Å². The molecular weight excluding hydrogens is 218 g/mol. The van der Waals surface area contributed by atoms with Gasteiger partial charge in [0.15, 0.2) is 0 Å². The molecule has 1 saturated carbocycles. The maximum Gasteiger partial charge on any atom is -0.00430 e.